The number of hydrogen-bond donors (Lipinski definition) is 0. The number of fused-ring (bicyclic) bond motifs is 1. The van der Waals surface area contributed by atoms with E-state index in [1.165, 1.54) is 17.9 Å². The minimum absolute atomic E-state index is 0.116. The van der Waals surface area contributed by atoms with Crippen LogP contribution < -0.4 is 10.4 Å². The van der Waals surface area contributed by atoms with Crippen LogP contribution in [0.3, 0.4) is 0 Å². The summed E-state index contributed by atoms with van der Waals surface area (Å²) in [5.74, 6) is -1.74. The summed E-state index contributed by atoms with van der Waals surface area (Å²) >= 11 is 0. The zero-order chi connectivity index (χ0) is 24.1. The van der Waals surface area contributed by atoms with Gasteiger partial charge in [-0.15, -0.1) is 0 Å². The highest BCUT2D eigenvalue weighted by Crippen LogP contribution is 2.35. The van der Waals surface area contributed by atoms with E-state index in [0.29, 0.717) is 33.6 Å². The Morgan fingerprint density at radius 2 is 1.91 bits per heavy atom. The molecule has 0 unspecified atom stereocenters. The number of pyridine rings is 1. The molecular weight excluding hydrogens is 441 g/mol. The number of rotatable bonds is 3. The predicted molar refractivity (Wildman–Crippen MR) is 115 cm³/mol. The first-order chi connectivity index (χ1) is 15.4. The first-order valence-corrected chi connectivity index (χ1v) is 10.5. The van der Waals surface area contributed by atoms with Gasteiger partial charge in [0.15, 0.2) is 5.49 Å². The maximum Gasteiger partial charge on any atom is 0.416 e. The van der Waals surface area contributed by atoms with E-state index in [9.17, 15) is 22.0 Å². The summed E-state index contributed by atoms with van der Waals surface area (Å²) in [4.78, 5) is 15.1. The van der Waals surface area contributed by atoms with E-state index in [0.717, 1.165) is 6.07 Å². The first-order valence-electron chi connectivity index (χ1n) is 10.5. The van der Waals surface area contributed by atoms with Crippen molar-refractivity contribution < 1.29 is 22.0 Å². The van der Waals surface area contributed by atoms with Crippen LogP contribution in [0.1, 0.15) is 41.9 Å². The molecule has 0 spiro atoms. The van der Waals surface area contributed by atoms with Crippen LogP contribution in [0.15, 0.2) is 35.5 Å². The van der Waals surface area contributed by atoms with Crippen LogP contribution in [0.2, 0.25) is 0 Å². The standard InChI is InChI=1S/C23H24F5N5/c1-13-16(6-5-7-18(13)23(26,27)28)14(2)30-21-17-10-20(33-9-8-22(24,25)12-33)29-11-19(17)32(4)15(3)31-21/h5-7,10-11,14H,8-9,12H2,1-4H3/t14-/m1/s1. The number of hydrogen-bond acceptors (Lipinski definition) is 4. The third-order valence-electron chi connectivity index (χ3n) is 6.16. The van der Waals surface area contributed by atoms with Gasteiger partial charge >= 0.3 is 6.18 Å². The summed E-state index contributed by atoms with van der Waals surface area (Å²) in [5, 5.41) is 0.597. The minimum atomic E-state index is -4.46. The zero-order valence-electron chi connectivity index (χ0n) is 18.7. The molecule has 0 amide bonds. The Hall–Kier alpha value is -3.04. The lowest BCUT2D eigenvalue weighted by Gasteiger charge is -2.19. The van der Waals surface area contributed by atoms with Crippen molar-refractivity contribution in [2.24, 2.45) is 12.0 Å². The molecule has 1 fully saturated rings. The van der Waals surface area contributed by atoms with Crippen molar-refractivity contribution in [1.29, 1.82) is 0 Å². The molecule has 1 aromatic carbocycles. The third kappa shape index (κ3) is 4.43. The molecule has 1 atom stereocenters. The lowest BCUT2D eigenvalue weighted by atomic mass is 9.97. The summed E-state index contributed by atoms with van der Waals surface area (Å²) < 4.78 is 69.3. The van der Waals surface area contributed by atoms with E-state index < -0.39 is 30.2 Å². The van der Waals surface area contributed by atoms with Crippen molar-refractivity contribution in [2.45, 2.75) is 45.3 Å². The molecule has 3 heterocycles. The third-order valence-corrected chi connectivity index (χ3v) is 6.16. The van der Waals surface area contributed by atoms with Crippen LogP contribution >= 0.6 is 0 Å². The lowest BCUT2D eigenvalue weighted by Crippen LogP contribution is -2.26. The van der Waals surface area contributed by atoms with Gasteiger partial charge in [-0.1, -0.05) is 12.1 Å². The van der Waals surface area contributed by atoms with E-state index in [1.807, 2.05) is 4.57 Å². The van der Waals surface area contributed by atoms with Gasteiger partial charge in [0.05, 0.1) is 29.9 Å². The zero-order valence-corrected chi connectivity index (χ0v) is 18.7. The monoisotopic (exact) mass is 465 g/mol. The highest BCUT2D eigenvalue weighted by Gasteiger charge is 2.39. The van der Waals surface area contributed by atoms with E-state index in [4.69, 9.17) is 0 Å². The molecule has 1 saturated heterocycles. The Morgan fingerprint density at radius 3 is 2.55 bits per heavy atom. The molecule has 0 N–H and O–H groups in total. The van der Waals surface area contributed by atoms with Crippen LogP contribution in [0.5, 0.6) is 0 Å². The van der Waals surface area contributed by atoms with Gasteiger partial charge in [0.2, 0.25) is 0 Å². The summed E-state index contributed by atoms with van der Waals surface area (Å²) in [7, 11) is 1.81. The average Bonchev–Trinajstić information content (AvgIpc) is 3.10. The van der Waals surface area contributed by atoms with Crippen molar-refractivity contribution >= 4 is 16.7 Å². The van der Waals surface area contributed by atoms with Gasteiger partial charge in [-0.25, -0.2) is 18.7 Å². The van der Waals surface area contributed by atoms with Crippen LogP contribution in [-0.4, -0.2) is 33.5 Å². The van der Waals surface area contributed by atoms with E-state index >= 15 is 0 Å². The molecule has 2 aromatic heterocycles. The number of alkyl halides is 5. The molecule has 1 aliphatic rings. The number of anilines is 1. The predicted octanol–water partition coefficient (Wildman–Crippen LogP) is 5.11. The largest absolute Gasteiger partial charge is 0.416 e. The van der Waals surface area contributed by atoms with Crippen LogP contribution in [0.4, 0.5) is 27.8 Å². The fourth-order valence-electron chi connectivity index (χ4n) is 4.22. The smallest absolute Gasteiger partial charge is 0.350 e. The van der Waals surface area contributed by atoms with Crippen LogP contribution in [0.25, 0.3) is 10.9 Å². The van der Waals surface area contributed by atoms with Crippen LogP contribution in [0, 0.1) is 13.8 Å². The maximum atomic E-state index is 13.7. The van der Waals surface area contributed by atoms with Crippen molar-refractivity contribution in [1.82, 2.24) is 14.5 Å². The van der Waals surface area contributed by atoms with Crippen molar-refractivity contribution in [3.63, 3.8) is 0 Å². The summed E-state index contributed by atoms with van der Waals surface area (Å²) in [6, 6.07) is 5.11. The van der Waals surface area contributed by atoms with E-state index in [-0.39, 0.29) is 18.5 Å². The molecule has 0 radical (unpaired) electrons. The molecule has 0 bridgehead atoms. The Bertz CT molecular complexity index is 1280. The highest BCUT2D eigenvalue weighted by atomic mass is 19.4. The molecular formula is C23H24F5N5. The van der Waals surface area contributed by atoms with Crippen molar-refractivity contribution in [3.8, 4) is 0 Å². The van der Waals surface area contributed by atoms with Crippen LogP contribution in [-0.2, 0) is 13.2 Å². The second-order valence-electron chi connectivity index (χ2n) is 8.45. The lowest BCUT2D eigenvalue weighted by molar-refractivity contribution is -0.138. The Morgan fingerprint density at radius 1 is 1.18 bits per heavy atom. The average molecular weight is 465 g/mol. The maximum absolute atomic E-state index is 13.7. The van der Waals surface area contributed by atoms with Gasteiger partial charge in [0, 0.05) is 25.4 Å². The van der Waals surface area contributed by atoms with Crippen molar-refractivity contribution in [3.05, 3.63) is 58.5 Å². The number of halogens is 5. The number of benzene rings is 1. The number of nitrogens with zero attached hydrogens (tertiary/aromatic N) is 5. The Labute approximate surface area is 187 Å². The summed E-state index contributed by atoms with van der Waals surface area (Å²) in [5.41, 5.74) is 0.893. The quantitative estimate of drug-likeness (QED) is 0.505. The molecule has 1 aliphatic heterocycles. The second-order valence-corrected chi connectivity index (χ2v) is 8.45. The topological polar surface area (TPSA) is 46.3 Å². The number of aromatic nitrogens is 3. The molecule has 0 saturated carbocycles. The Kier molecular flexibility index (Phi) is 5.66. The minimum Gasteiger partial charge on any atom is -0.350 e. The molecule has 3 aromatic rings. The van der Waals surface area contributed by atoms with E-state index in [2.05, 4.69) is 15.0 Å². The van der Waals surface area contributed by atoms with Gasteiger partial charge in [-0.05, 0) is 44.0 Å². The van der Waals surface area contributed by atoms with Gasteiger partial charge in [0.1, 0.15) is 11.6 Å². The van der Waals surface area contributed by atoms with Gasteiger partial charge in [0.25, 0.3) is 5.92 Å². The molecule has 0 aliphatic carbocycles. The normalized spacial score (nSPS) is 17.7. The van der Waals surface area contributed by atoms with Gasteiger partial charge in [-0.3, -0.25) is 4.99 Å². The summed E-state index contributed by atoms with van der Waals surface area (Å²) in [6.07, 6.45) is -3.11. The molecule has 4 rings (SSSR count). The fourth-order valence-corrected chi connectivity index (χ4v) is 4.22. The Balaban J connectivity index is 1.85. The van der Waals surface area contributed by atoms with E-state index in [1.54, 1.807) is 39.2 Å². The molecule has 10 heteroatoms. The SMILES string of the molecule is Cc1c([C@@H](C)N=c2nc(C)n(C)c3cnc(N4CCC(F)(F)C4)cc23)cccc1C(F)(F)F. The van der Waals surface area contributed by atoms with Crippen molar-refractivity contribution in [2.75, 3.05) is 18.0 Å². The second kappa shape index (κ2) is 8.07. The van der Waals surface area contributed by atoms with Gasteiger partial charge < -0.3 is 9.47 Å². The molecule has 176 valence electrons. The first kappa shape index (κ1) is 23.1. The summed E-state index contributed by atoms with van der Waals surface area (Å²) in [6.45, 7) is 4.70. The molecule has 5 nitrogen and oxygen atoms in total. The van der Waals surface area contributed by atoms with Gasteiger partial charge in [-0.2, -0.15) is 13.2 Å². The fraction of sp³-hybridized carbons (Fsp3) is 0.435. The number of aryl methyl sites for hydroxylation is 2. The molecule has 33 heavy (non-hydrogen) atoms. The highest BCUT2D eigenvalue weighted by molar-refractivity contribution is 5.80.